The van der Waals surface area contributed by atoms with Gasteiger partial charge in [0.25, 0.3) is 5.69 Å². The molecule has 2 aromatic rings. The zero-order valence-electron chi connectivity index (χ0n) is 10.2. The number of rotatable bonds is 4. The number of pyridine rings is 1. The number of non-ortho nitro benzene ring substituents is 1. The van der Waals surface area contributed by atoms with E-state index in [0.29, 0.717) is 17.3 Å². The summed E-state index contributed by atoms with van der Waals surface area (Å²) in [7, 11) is 0. The lowest BCUT2D eigenvalue weighted by Crippen LogP contribution is -2.05. The monoisotopic (exact) mass is 256 g/mol. The molecule has 0 bridgehead atoms. The van der Waals surface area contributed by atoms with Crippen LogP contribution in [0.25, 0.3) is 10.9 Å². The summed E-state index contributed by atoms with van der Waals surface area (Å²) in [5, 5.41) is 11.7. The minimum absolute atomic E-state index is 0.0155. The maximum absolute atomic E-state index is 11.9. The van der Waals surface area contributed by atoms with Crippen molar-refractivity contribution in [2.24, 2.45) is 5.92 Å². The molecule has 1 aliphatic carbocycles. The van der Waals surface area contributed by atoms with E-state index in [0.717, 1.165) is 18.4 Å². The summed E-state index contributed by atoms with van der Waals surface area (Å²) in [4.78, 5) is 26.5. The summed E-state index contributed by atoms with van der Waals surface area (Å²) >= 11 is 0. The van der Waals surface area contributed by atoms with Crippen molar-refractivity contribution in [1.82, 2.24) is 4.98 Å². The molecule has 19 heavy (non-hydrogen) atoms. The van der Waals surface area contributed by atoms with Gasteiger partial charge in [0.2, 0.25) is 0 Å². The Hall–Kier alpha value is -2.30. The van der Waals surface area contributed by atoms with Crippen LogP contribution in [0.15, 0.2) is 30.5 Å². The highest BCUT2D eigenvalue weighted by atomic mass is 16.6. The molecule has 0 atom stereocenters. The minimum Gasteiger partial charge on any atom is -0.299 e. The first-order valence-electron chi connectivity index (χ1n) is 6.20. The largest absolute Gasteiger partial charge is 0.299 e. The van der Waals surface area contributed by atoms with Crippen molar-refractivity contribution in [3.63, 3.8) is 0 Å². The van der Waals surface area contributed by atoms with E-state index < -0.39 is 4.92 Å². The molecule has 96 valence electrons. The van der Waals surface area contributed by atoms with E-state index >= 15 is 0 Å². The molecule has 1 saturated carbocycles. The molecule has 0 radical (unpaired) electrons. The van der Waals surface area contributed by atoms with Gasteiger partial charge >= 0.3 is 0 Å². The summed E-state index contributed by atoms with van der Waals surface area (Å²) in [5.74, 6) is 0.418. The SMILES string of the molecule is O=C(Cc1ccnc2c([N+](=O)[O-])cccc12)C1CC1. The van der Waals surface area contributed by atoms with Gasteiger partial charge in [-0.25, -0.2) is 4.98 Å². The highest BCUT2D eigenvalue weighted by Crippen LogP contribution is 2.32. The molecule has 0 N–H and O–H groups in total. The van der Waals surface area contributed by atoms with Gasteiger partial charge in [-0.1, -0.05) is 12.1 Å². The number of hydrogen-bond acceptors (Lipinski definition) is 4. The number of hydrogen-bond donors (Lipinski definition) is 0. The number of ketones is 1. The lowest BCUT2D eigenvalue weighted by Gasteiger charge is -2.05. The Morgan fingerprint density at radius 3 is 2.84 bits per heavy atom. The van der Waals surface area contributed by atoms with Crippen molar-refractivity contribution in [2.45, 2.75) is 19.3 Å². The summed E-state index contributed by atoms with van der Waals surface area (Å²) in [6, 6.07) is 6.62. The fourth-order valence-corrected chi connectivity index (χ4v) is 2.26. The minimum atomic E-state index is -0.443. The fraction of sp³-hybridized carbons (Fsp3) is 0.286. The molecule has 0 unspecified atom stereocenters. The van der Waals surface area contributed by atoms with Gasteiger partial charge in [0, 0.05) is 30.0 Å². The Morgan fingerprint density at radius 1 is 1.37 bits per heavy atom. The number of Topliss-reactive ketones (excluding diaryl/α,β-unsaturated/α-hetero) is 1. The second-order valence-corrected chi connectivity index (χ2v) is 4.82. The number of benzene rings is 1. The van der Waals surface area contributed by atoms with E-state index in [-0.39, 0.29) is 17.4 Å². The number of fused-ring (bicyclic) bond motifs is 1. The maximum atomic E-state index is 11.9. The molecule has 1 heterocycles. The van der Waals surface area contributed by atoms with E-state index in [2.05, 4.69) is 4.98 Å². The van der Waals surface area contributed by atoms with Crippen molar-refractivity contribution in [1.29, 1.82) is 0 Å². The summed E-state index contributed by atoms with van der Waals surface area (Å²) in [6.45, 7) is 0. The third kappa shape index (κ3) is 2.19. The third-order valence-electron chi connectivity index (χ3n) is 3.43. The molecular formula is C14H12N2O3. The van der Waals surface area contributed by atoms with Gasteiger partial charge in [0.15, 0.2) is 0 Å². The zero-order valence-corrected chi connectivity index (χ0v) is 10.2. The highest BCUT2D eigenvalue weighted by molar-refractivity contribution is 5.94. The van der Waals surface area contributed by atoms with Gasteiger partial charge < -0.3 is 0 Å². The van der Waals surface area contributed by atoms with E-state index in [9.17, 15) is 14.9 Å². The Balaban J connectivity index is 2.07. The number of carbonyl (C=O) groups is 1. The van der Waals surface area contributed by atoms with Crippen molar-refractivity contribution < 1.29 is 9.72 Å². The summed E-state index contributed by atoms with van der Waals surface area (Å²) in [5.41, 5.74) is 1.16. The molecular weight excluding hydrogens is 244 g/mol. The fourth-order valence-electron chi connectivity index (χ4n) is 2.26. The molecule has 0 amide bonds. The molecule has 5 nitrogen and oxygen atoms in total. The zero-order chi connectivity index (χ0) is 13.4. The highest BCUT2D eigenvalue weighted by Gasteiger charge is 2.29. The molecule has 1 fully saturated rings. The molecule has 0 saturated heterocycles. The standard InChI is InChI=1S/C14H12N2O3/c17-13(9-4-5-9)8-10-6-7-15-14-11(10)2-1-3-12(14)16(18)19/h1-3,6-7,9H,4-5,8H2. The van der Waals surface area contributed by atoms with Crippen LogP contribution >= 0.6 is 0 Å². The second-order valence-electron chi connectivity index (χ2n) is 4.82. The lowest BCUT2D eigenvalue weighted by atomic mass is 10.0. The van der Waals surface area contributed by atoms with Crippen LogP contribution in [0.5, 0.6) is 0 Å². The van der Waals surface area contributed by atoms with Crippen LogP contribution in [0.2, 0.25) is 0 Å². The van der Waals surface area contributed by atoms with E-state index in [1.807, 2.05) is 0 Å². The molecule has 5 heteroatoms. The van der Waals surface area contributed by atoms with Gasteiger partial charge in [0.05, 0.1) is 4.92 Å². The van der Waals surface area contributed by atoms with Crippen LogP contribution in [-0.4, -0.2) is 15.7 Å². The van der Waals surface area contributed by atoms with Crippen molar-refractivity contribution >= 4 is 22.4 Å². The van der Waals surface area contributed by atoms with Crippen LogP contribution in [0, 0.1) is 16.0 Å². The number of carbonyl (C=O) groups excluding carboxylic acids is 1. The smallest absolute Gasteiger partial charge is 0.295 e. The molecule has 0 aliphatic heterocycles. The summed E-state index contributed by atoms with van der Waals surface area (Å²) in [6.07, 6.45) is 3.82. The lowest BCUT2D eigenvalue weighted by molar-refractivity contribution is -0.383. The van der Waals surface area contributed by atoms with Crippen LogP contribution in [0.4, 0.5) is 5.69 Å². The normalized spacial score (nSPS) is 14.5. The van der Waals surface area contributed by atoms with Crippen molar-refractivity contribution in [2.75, 3.05) is 0 Å². The Bertz CT molecular complexity index is 677. The molecule has 1 aromatic carbocycles. The maximum Gasteiger partial charge on any atom is 0.295 e. The van der Waals surface area contributed by atoms with Gasteiger partial charge in [0.1, 0.15) is 11.3 Å². The van der Waals surface area contributed by atoms with Gasteiger partial charge in [-0.3, -0.25) is 14.9 Å². The van der Waals surface area contributed by atoms with Crippen LogP contribution in [0.1, 0.15) is 18.4 Å². The Morgan fingerprint density at radius 2 is 2.16 bits per heavy atom. The first-order chi connectivity index (χ1) is 9.16. The molecule has 1 aromatic heterocycles. The second kappa shape index (κ2) is 4.42. The third-order valence-corrected chi connectivity index (χ3v) is 3.43. The Labute approximate surface area is 109 Å². The average molecular weight is 256 g/mol. The quantitative estimate of drug-likeness (QED) is 0.622. The van der Waals surface area contributed by atoms with E-state index in [1.54, 1.807) is 18.2 Å². The number of para-hydroxylation sites is 1. The number of aromatic nitrogens is 1. The predicted molar refractivity (Wildman–Crippen MR) is 69.8 cm³/mol. The number of nitro groups is 1. The molecule has 1 aliphatic rings. The van der Waals surface area contributed by atoms with Crippen molar-refractivity contribution in [3.8, 4) is 0 Å². The first-order valence-corrected chi connectivity index (χ1v) is 6.20. The molecule has 3 rings (SSSR count). The van der Waals surface area contributed by atoms with Gasteiger partial charge in [-0.2, -0.15) is 0 Å². The van der Waals surface area contributed by atoms with E-state index in [1.165, 1.54) is 12.3 Å². The number of nitro benzene ring substituents is 1. The van der Waals surface area contributed by atoms with E-state index in [4.69, 9.17) is 0 Å². The topological polar surface area (TPSA) is 73.1 Å². The van der Waals surface area contributed by atoms with Gasteiger partial charge in [-0.15, -0.1) is 0 Å². The van der Waals surface area contributed by atoms with Crippen LogP contribution < -0.4 is 0 Å². The van der Waals surface area contributed by atoms with Crippen LogP contribution in [0.3, 0.4) is 0 Å². The number of nitrogens with zero attached hydrogens (tertiary/aromatic N) is 2. The predicted octanol–water partition coefficient (Wildman–Crippen LogP) is 2.66. The van der Waals surface area contributed by atoms with Crippen molar-refractivity contribution in [3.05, 3.63) is 46.1 Å². The summed E-state index contributed by atoms with van der Waals surface area (Å²) < 4.78 is 0. The van der Waals surface area contributed by atoms with Crippen LogP contribution in [-0.2, 0) is 11.2 Å². The Kier molecular flexibility index (Phi) is 2.74. The average Bonchev–Trinajstić information content (AvgIpc) is 3.22. The molecule has 0 spiro atoms. The first kappa shape index (κ1) is 11.8. The van der Waals surface area contributed by atoms with Gasteiger partial charge in [-0.05, 0) is 24.5 Å².